The van der Waals surface area contributed by atoms with Crippen molar-refractivity contribution in [2.45, 2.75) is 45.8 Å². The highest BCUT2D eigenvalue weighted by Gasteiger charge is 2.27. The van der Waals surface area contributed by atoms with Crippen molar-refractivity contribution in [2.75, 3.05) is 6.54 Å². The Labute approximate surface area is 97.9 Å². The molecule has 3 unspecified atom stereocenters. The van der Waals surface area contributed by atoms with E-state index in [0.29, 0.717) is 6.54 Å². The van der Waals surface area contributed by atoms with Gasteiger partial charge in [-0.2, -0.15) is 0 Å². The van der Waals surface area contributed by atoms with Crippen molar-refractivity contribution in [3.05, 3.63) is 24.2 Å². The summed E-state index contributed by atoms with van der Waals surface area (Å²) >= 11 is 0. The van der Waals surface area contributed by atoms with Crippen LogP contribution in [0.3, 0.4) is 0 Å². The second-order valence-corrected chi connectivity index (χ2v) is 4.83. The van der Waals surface area contributed by atoms with E-state index in [4.69, 9.17) is 4.42 Å². The highest BCUT2D eigenvalue weighted by atomic mass is 16.3. The van der Waals surface area contributed by atoms with Gasteiger partial charge in [0, 0.05) is 18.2 Å². The van der Waals surface area contributed by atoms with E-state index in [1.807, 2.05) is 13.0 Å². The average Bonchev–Trinajstić information content (AvgIpc) is 2.78. The van der Waals surface area contributed by atoms with Crippen LogP contribution in [0.2, 0.25) is 0 Å². The van der Waals surface area contributed by atoms with Crippen LogP contribution in [0.1, 0.15) is 45.7 Å². The molecular weight excluding hydrogens is 202 g/mol. The lowest BCUT2D eigenvalue weighted by molar-refractivity contribution is 0.00364. The number of nitrogens with one attached hydrogen (secondary N) is 1. The monoisotopic (exact) mass is 225 g/mol. The molecule has 0 aliphatic heterocycles. The second-order valence-electron chi connectivity index (χ2n) is 4.83. The third-order valence-electron chi connectivity index (χ3n) is 3.48. The molecule has 0 radical (unpaired) electrons. The lowest BCUT2D eigenvalue weighted by Gasteiger charge is -2.31. The maximum atomic E-state index is 10.2. The summed E-state index contributed by atoms with van der Waals surface area (Å²) in [5, 5.41) is 13.6. The largest absolute Gasteiger partial charge is 0.472 e. The van der Waals surface area contributed by atoms with Crippen molar-refractivity contribution in [3.63, 3.8) is 0 Å². The van der Waals surface area contributed by atoms with Crippen LogP contribution in [0, 0.1) is 5.92 Å². The molecule has 92 valence electrons. The summed E-state index contributed by atoms with van der Waals surface area (Å²) in [6.07, 6.45) is 4.38. The maximum absolute atomic E-state index is 10.2. The predicted octanol–water partition coefficient (Wildman–Crippen LogP) is 2.73. The standard InChI is InChI=1S/C13H23NO2/c1-5-10(2)13(4,15)9-14-11(3)12-6-7-16-8-12/h6-8,10-11,14-15H,5,9H2,1-4H3. The normalized spacial score (nSPS) is 19.1. The van der Waals surface area contributed by atoms with Crippen molar-refractivity contribution in [2.24, 2.45) is 5.92 Å². The molecule has 0 saturated heterocycles. The van der Waals surface area contributed by atoms with Crippen molar-refractivity contribution >= 4 is 0 Å². The smallest absolute Gasteiger partial charge is 0.0950 e. The fraction of sp³-hybridized carbons (Fsp3) is 0.692. The minimum absolute atomic E-state index is 0.203. The van der Waals surface area contributed by atoms with E-state index in [1.165, 1.54) is 0 Å². The van der Waals surface area contributed by atoms with Crippen LogP contribution < -0.4 is 5.32 Å². The van der Waals surface area contributed by atoms with Gasteiger partial charge in [-0.1, -0.05) is 20.3 Å². The molecule has 0 aliphatic rings. The van der Waals surface area contributed by atoms with Gasteiger partial charge in [0.05, 0.1) is 18.1 Å². The number of hydrogen-bond acceptors (Lipinski definition) is 3. The molecule has 1 heterocycles. The molecule has 0 aliphatic carbocycles. The molecular formula is C13H23NO2. The van der Waals surface area contributed by atoms with E-state index >= 15 is 0 Å². The van der Waals surface area contributed by atoms with Crippen LogP contribution in [0.5, 0.6) is 0 Å². The molecule has 1 aromatic heterocycles. The summed E-state index contributed by atoms with van der Waals surface area (Å²) in [5.74, 6) is 0.288. The Morgan fingerprint density at radius 3 is 2.69 bits per heavy atom. The number of furan rings is 1. The van der Waals surface area contributed by atoms with E-state index in [0.717, 1.165) is 12.0 Å². The highest BCUT2D eigenvalue weighted by Crippen LogP contribution is 2.20. The zero-order valence-corrected chi connectivity index (χ0v) is 10.7. The first kappa shape index (κ1) is 13.3. The van der Waals surface area contributed by atoms with Crippen LogP contribution in [0.25, 0.3) is 0 Å². The van der Waals surface area contributed by atoms with E-state index in [9.17, 15) is 5.11 Å². The van der Waals surface area contributed by atoms with Crippen LogP contribution in [0.4, 0.5) is 0 Å². The summed E-state index contributed by atoms with van der Waals surface area (Å²) in [4.78, 5) is 0. The van der Waals surface area contributed by atoms with Gasteiger partial charge in [0.2, 0.25) is 0 Å². The Morgan fingerprint density at radius 2 is 2.19 bits per heavy atom. The molecule has 1 aromatic rings. The van der Waals surface area contributed by atoms with Crippen molar-refractivity contribution in [1.82, 2.24) is 5.32 Å². The maximum Gasteiger partial charge on any atom is 0.0950 e. The Hall–Kier alpha value is -0.800. The van der Waals surface area contributed by atoms with E-state index in [2.05, 4.69) is 26.1 Å². The fourth-order valence-electron chi connectivity index (χ4n) is 1.61. The molecule has 0 bridgehead atoms. The highest BCUT2D eigenvalue weighted by molar-refractivity contribution is 5.10. The average molecular weight is 225 g/mol. The first-order valence-corrected chi connectivity index (χ1v) is 5.95. The second kappa shape index (κ2) is 5.51. The third kappa shape index (κ3) is 3.35. The molecule has 0 saturated carbocycles. The summed E-state index contributed by atoms with van der Waals surface area (Å²) in [6, 6.07) is 2.14. The van der Waals surface area contributed by atoms with E-state index in [-0.39, 0.29) is 12.0 Å². The van der Waals surface area contributed by atoms with Gasteiger partial charge >= 0.3 is 0 Å². The van der Waals surface area contributed by atoms with Gasteiger partial charge in [0.25, 0.3) is 0 Å². The minimum Gasteiger partial charge on any atom is -0.472 e. The SMILES string of the molecule is CCC(C)C(C)(O)CNC(C)c1ccoc1. The topological polar surface area (TPSA) is 45.4 Å². The third-order valence-corrected chi connectivity index (χ3v) is 3.48. The molecule has 2 N–H and O–H groups in total. The molecule has 16 heavy (non-hydrogen) atoms. The summed E-state index contributed by atoms with van der Waals surface area (Å²) in [6.45, 7) is 8.71. The molecule has 3 heteroatoms. The van der Waals surface area contributed by atoms with Crippen LogP contribution in [-0.2, 0) is 0 Å². The van der Waals surface area contributed by atoms with E-state index < -0.39 is 5.60 Å². The summed E-state index contributed by atoms with van der Waals surface area (Å²) in [7, 11) is 0. The quantitative estimate of drug-likeness (QED) is 0.782. The summed E-state index contributed by atoms with van der Waals surface area (Å²) in [5.41, 5.74) is 0.451. The van der Waals surface area contributed by atoms with Gasteiger partial charge in [-0.05, 0) is 25.8 Å². The minimum atomic E-state index is -0.660. The van der Waals surface area contributed by atoms with Crippen LogP contribution in [0.15, 0.2) is 23.0 Å². The van der Waals surface area contributed by atoms with Gasteiger partial charge in [-0.25, -0.2) is 0 Å². The Balaban J connectivity index is 2.45. The van der Waals surface area contributed by atoms with Crippen LogP contribution >= 0.6 is 0 Å². The van der Waals surface area contributed by atoms with E-state index in [1.54, 1.807) is 12.5 Å². The fourth-order valence-corrected chi connectivity index (χ4v) is 1.61. The van der Waals surface area contributed by atoms with Gasteiger partial charge in [0.1, 0.15) is 0 Å². The van der Waals surface area contributed by atoms with Gasteiger partial charge in [-0.15, -0.1) is 0 Å². The van der Waals surface area contributed by atoms with Gasteiger partial charge in [0.15, 0.2) is 0 Å². The molecule has 0 amide bonds. The lowest BCUT2D eigenvalue weighted by atomic mass is 9.88. The number of hydrogen-bond donors (Lipinski definition) is 2. The van der Waals surface area contributed by atoms with Crippen LogP contribution in [-0.4, -0.2) is 17.3 Å². The first-order chi connectivity index (χ1) is 7.47. The number of aliphatic hydroxyl groups is 1. The van der Waals surface area contributed by atoms with Crippen molar-refractivity contribution in [1.29, 1.82) is 0 Å². The molecule has 1 rings (SSSR count). The molecule has 0 fully saturated rings. The van der Waals surface area contributed by atoms with Gasteiger partial charge < -0.3 is 14.8 Å². The number of rotatable bonds is 6. The first-order valence-electron chi connectivity index (χ1n) is 5.95. The molecule has 3 nitrogen and oxygen atoms in total. The zero-order valence-electron chi connectivity index (χ0n) is 10.7. The Bertz CT molecular complexity index is 293. The molecule has 0 aromatic carbocycles. The molecule has 3 atom stereocenters. The zero-order chi connectivity index (χ0) is 12.2. The Morgan fingerprint density at radius 1 is 1.50 bits per heavy atom. The predicted molar refractivity (Wildman–Crippen MR) is 65.2 cm³/mol. The van der Waals surface area contributed by atoms with Crippen molar-refractivity contribution < 1.29 is 9.52 Å². The molecule has 0 spiro atoms. The lowest BCUT2D eigenvalue weighted by Crippen LogP contribution is -2.43. The Kier molecular flexibility index (Phi) is 4.56. The van der Waals surface area contributed by atoms with Gasteiger partial charge in [-0.3, -0.25) is 0 Å². The summed E-state index contributed by atoms with van der Waals surface area (Å²) < 4.78 is 5.03. The van der Waals surface area contributed by atoms with Crippen molar-refractivity contribution in [3.8, 4) is 0 Å².